The number of carbonyl (C=O) groups is 5. The van der Waals surface area contributed by atoms with Crippen LogP contribution in [0, 0.1) is 29.1 Å². The Morgan fingerprint density at radius 2 is 1.57 bits per heavy atom. The molecule has 4 unspecified atom stereocenters. The minimum Gasteiger partial charge on any atom is -0.496 e. The average Bonchev–Trinajstić information content (AvgIpc) is 4.01. The summed E-state index contributed by atoms with van der Waals surface area (Å²) in [5, 5.41) is 27.7. The van der Waals surface area contributed by atoms with Crippen LogP contribution in [0.25, 0.3) is 17.2 Å². The van der Waals surface area contributed by atoms with Gasteiger partial charge in [0.2, 0.25) is 12.6 Å². The van der Waals surface area contributed by atoms with E-state index in [0.29, 0.717) is 35.0 Å². The highest BCUT2D eigenvalue weighted by molar-refractivity contribution is 6.07. The summed E-state index contributed by atoms with van der Waals surface area (Å²) in [5.41, 5.74) is 1.81. The topological polar surface area (TPSA) is 225 Å². The Morgan fingerprint density at radius 3 is 2.14 bits per heavy atom. The van der Waals surface area contributed by atoms with Crippen LogP contribution in [0.1, 0.15) is 106 Å². The molecule has 1 aromatic heterocycles. The number of nitrogens with one attached hydrogen (secondary N) is 4. The number of carbonyl (C=O) groups excluding carboxylic acids is 5. The third kappa shape index (κ3) is 12.1. The molecule has 1 aromatic carbocycles. The standard InChI is InChI=1S/C42H53N5O11/c1-10-27-18-31(37(48)46-32-15-13-28(17-23(32)6)36(43)47-42(53)58-25(8)56-40(51)22(4)5)30(19-34(27)54-9)29-14-16-33(38(49)44-20-26-11-12-26)45-35(29)41(52)57-24(7)55-39(50)21(2)3/h10,13-16,18-19,21-26,38,44,49H,1,11-12,17,20H2,2-9H3,(H,46,48)(H2,43,47,53). The van der Waals surface area contributed by atoms with E-state index >= 15 is 0 Å². The number of ether oxygens (including phenoxy) is 5. The van der Waals surface area contributed by atoms with E-state index in [2.05, 4.69) is 27.5 Å². The van der Waals surface area contributed by atoms with E-state index < -0.39 is 60.6 Å². The van der Waals surface area contributed by atoms with Crippen molar-refractivity contribution in [2.75, 3.05) is 13.7 Å². The largest absolute Gasteiger partial charge is 0.496 e. The van der Waals surface area contributed by atoms with Gasteiger partial charge in [-0.15, -0.1) is 0 Å². The van der Waals surface area contributed by atoms with E-state index in [1.165, 1.54) is 33.1 Å². The number of allylic oxidation sites excluding steroid dienone is 3. The van der Waals surface area contributed by atoms with Crippen molar-refractivity contribution in [1.82, 2.24) is 20.9 Å². The molecule has 0 bridgehead atoms. The summed E-state index contributed by atoms with van der Waals surface area (Å²) in [6.45, 7) is 15.6. The quantitative estimate of drug-likeness (QED) is 0.0543. The maximum Gasteiger partial charge on any atom is 0.415 e. The van der Waals surface area contributed by atoms with E-state index in [0.717, 1.165) is 12.8 Å². The maximum absolute atomic E-state index is 14.2. The van der Waals surface area contributed by atoms with Crippen LogP contribution in [0.3, 0.4) is 0 Å². The summed E-state index contributed by atoms with van der Waals surface area (Å²) in [6, 6.07) is 6.20. The predicted octanol–water partition coefficient (Wildman–Crippen LogP) is 5.92. The van der Waals surface area contributed by atoms with E-state index in [9.17, 15) is 29.1 Å². The van der Waals surface area contributed by atoms with Crippen LogP contribution in [0.5, 0.6) is 5.75 Å². The lowest BCUT2D eigenvalue weighted by Gasteiger charge is -2.24. The van der Waals surface area contributed by atoms with Crippen LogP contribution in [0.4, 0.5) is 4.79 Å². The fourth-order valence-electron chi connectivity index (χ4n) is 5.68. The zero-order valence-corrected chi connectivity index (χ0v) is 34.1. The first-order valence-corrected chi connectivity index (χ1v) is 19.1. The number of amidine groups is 1. The van der Waals surface area contributed by atoms with E-state index in [-0.39, 0.29) is 46.3 Å². The van der Waals surface area contributed by atoms with E-state index in [1.54, 1.807) is 58.0 Å². The van der Waals surface area contributed by atoms with Gasteiger partial charge in [0.1, 0.15) is 17.8 Å². The number of aliphatic hydroxyl groups is 1. The average molecular weight is 804 g/mol. The van der Waals surface area contributed by atoms with Crippen molar-refractivity contribution in [2.45, 2.75) is 86.5 Å². The summed E-state index contributed by atoms with van der Waals surface area (Å²) in [7, 11) is 1.45. The Bertz CT molecular complexity index is 1980. The Balaban J connectivity index is 1.65. The van der Waals surface area contributed by atoms with Crippen LogP contribution < -0.4 is 20.7 Å². The monoisotopic (exact) mass is 803 g/mol. The van der Waals surface area contributed by atoms with Crippen molar-refractivity contribution < 1.29 is 52.8 Å². The number of amides is 2. The fraction of sp³-hybridized carbons (Fsp3) is 0.452. The highest BCUT2D eigenvalue weighted by Gasteiger charge is 2.29. The minimum atomic E-state index is -1.28. The molecular formula is C42H53N5O11. The van der Waals surface area contributed by atoms with Crippen LogP contribution >= 0.6 is 0 Å². The van der Waals surface area contributed by atoms with E-state index in [1.807, 2.05) is 6.92 Å². The molecule has 2 amide bonds. The molecule has 0 saturated heterocycles. The summed E-state index contributed by atoms with van der Waals surface area (Å²) >= 11 is 0. The molecule has 2 aromatic rings. The number of aliphatic hydroxyl groups excluding tert-OH is 1. The number of benzene rings is 1. The fourth-order valence-corrected chi connectivity index (χ4v) is 5.68. The maximum atomic E-state index is 14.2. The molecule has 0 spiro atoms. The lowest BCUT2D eigenvalue weighted by Crippen LogP contribution is -2.36. The van der Waals surface area contributed by atoms with Crippen molar-refractivity contribution >= 4 is 41.8 Å². The van der Waals surface area contributed by atoms with Gasteiger partial charge < -0.3 is 34.1 Å². The predicted molar refractivity (Wildman–Crippen MR) is 213 cm³/mol. The van der Waals surface area contributed by atoms with Crippen LogP contribution in [-0.4, -0.2) is 72.1 Å². The van der Waals surface area contributed by atoms with Gasteiger partial charge in [-0.2, -0.15) is 0 Å². The van der Waals surface area contributed by atoms with Crippen molar-refractivity contribution in [3.8, 4) is 16.9 Å². The molecule has 2 aliphatic rings. The normalized spacial score (nSPS) is 16.5. The molecule has 312 valence electrons. The minimum absolute atomic E-state index is 0.110. The molecule has 16 heteroatoms. The second-order valence-corrected chi connectivity index (χ2v) is 14.7. The molecule has 0 radical (unpaired) electrons. The Hall–Kier alpha value is -5.87. The number of nitrogens with zero attached hydrogens (tertiary/aromatic N) is 1. The van der Waals surface area contributed by atoms with Gasteiger partial charge in [-0.25, -0.2) is 14.6 Å². The molecular weight excluding hydrogens is 750 g/mol. The van der Waals surface area contributed by atoms with Crippen LogP contribution in [0.15, 0.2) is 54.3 Å². The van der Waals surface area contributed by atoms with Gasteiger partial charge >= 0.3 is 24.0 Å². The SMILES string of the molecule is C=Cc1cc(C(=O)NC2=CC=C(C(=N)NC(=O)OC(C)OC(=O)C(C)C)CC2C)c(-c2ccc(C(O)NCC3CC3)nc2C(=O)OC(C)OC(=O)C(C)C)cc1OC. The number of rotatable bonds is 17. The van der Waals surface area contributed by atoms with Gasteiger partial charge in [0.15, 0.2) is 5.69 Å². The zero-order chi connectivity index (χ0) is 42.8. The van der Waals surface area contributed by atoms with Crippen LogP contribution in [0.2, 0.25) is 0 Å². The lowest BCUT2D eigenvalue weighted by atomic mass is 9.91. The number of alkyl carbamates (subject to hydrolysis) is 1. The first-order chi connectivity index (χ1) is 27.4. The summed E-state index contributed by atoms with van der Waals surface area (Å²) in [4.78, 5) is 69.0. The molecule has 4 atom stereocenters. The number of aromatic nitrogens is 1. The summed E-state index contributed by atoms with van der Waals surface area (Å²) in [6.07, 6.45) is 2.43. The zero-order valence-electron chi connectivity index (χ0n) is 34.1. The van der Waals surface area contributed by atoms with Crippen molar-refractivity contribution in [2.24, 2.45) is 23.7 Å². The van der Waals surface area contributed by atoms with Gasteiger partial charge in [-0.3, -0.25) is 30.4 Å². The lowest BCUT2D eigenvalue weighted by molar-refractivity contribution is -0.170. The molecule has 1 fully saturated rings. The first-order valence-electron chi connectivity index (χ1n) is 19.1. The number of esters is 3. The van der Waals surface area contributed by atoms with Gasteiger partial charge in [-0.05, 0) is 61.1 Å². The molecule has 1 heterocycles. The molecule has 0 aliphatic heterocycles. The second kappa shape index (κ2) is 20.0. The van der Waals surface area contributed by atoms with Gasteiger partial charge in [0.05, 0.1) is 24.6 Å². The van der Waals surface area contributed by atoms with Crippen molar-refractivity contribution in [3.63, 3.8) is 0 Å². The van der Waals surface area contributed by atoms with Gasteiger partial charge in [0.25, 0.3) is 5.91 Å². The highest BCUT2D eigenvalue weighted by atomic mass is 16.7. The van der Waals surface area contributed by atoms with Gasteiger partial charge in [0, 0.05) is 54.3 Å². The molecule has 16 nitrogen and oxygen atoms in total. The summed E-state index contributed by atoms with van der Waals surface area (Å²) < 4.78 is 26.5. The third-order valence-corrected chi connectivity index (χ3v) is 9.19. The van der Waals surface area contributed by atoms with Crippen molar-refractivity contribution in [3.05, 3.63) is 76.8 Å². The first kappa shape index (κ1) is 44.8. The van der Waals surface area contributed by atoms with Crippen molar-refractivity contribution in [1.29, 1.82) is 5.41 Å². The Morgan fingerprint density at radius 1 is 0.931 bits per heavy atom. The molecule has 1 saturated carbocycles. The second-order valence-electron chi connectivity index (χ2n) is 14.7. The number of pyridine rings is 1. The Kier molecular flexibility index (Phi) is 15.5. The molecule has 5 N–H and O–H groups in total. The smallest absolute Gasteiger partial charge is 0.415 e. The number of hydrogen-bond acceptors (Lipinski definition) is 14. The van der Waals surface area contributed by atoms with Crippen LogP contribution in [-0.2, 0) is 28.5 Å². The number of hydrogen-bond donors (Lipinski definition) is 5. The third-order valence-electron chi connectivity index (χ3n) is 9.19. The molecule has 58 heavy (non-hydrogen) atoms. The Labute approximate surface area is 337 Å². The van der Waals surface area contributed by atoms with Gasteiger partial charge in [-0.1, -0.05) is 53.3 Å². The van der Waals surface area contributed by atoms with E-state index in [4.69, 9.17) is 29.1 Å². The molecule has 2 aliphatic carbocycles. The molecule has 4 rings (SSSR count). The number of methoxy groups -OCH3 is 1. The summed E-state index contributed by atoms with van der Waals surface area (Å²) in [5.74, 6) is -3.32. The highest BCUT2D eigenvalue weighted by Crippen LogP contribution is 2.35.